The van der Waals surface area contributed by atoms with E-state index < -0.39 is 22.0 Å². The van der Waals surface area contributed by atoms with Gasteiger partial charge in [-0.25, -0.2) is 8.42 Å². The first kappa shape index (κ1) is 23.8. The van der Waals surface area contributed by atoms with Gasteiger partial charge in [-0.15, -0.1) is 0 Å². The Labute approximate surface area is 200 Å². The summed E-state index contributed by atoms with van der Waals surface area (Å²) in [7, 11) is -3.89. The number of nitrogens with one attached hydrogen (secondary N) is 1. The van der Waals surface area contributed by atoms with Crippen LogP contribution in [0.3, 0.4) is 0 Å². The van der Waals surface area contributed by atoms with Gasteiger partial charge >= 0.3 is 0 Å². The van der Waals surface area contributed by atoms with E-state index in [1.54, 1.807) is 36.4 Å². The molecule has 3 aromatic rings. The van der Waals surface area contributed by atoms with Crippen molar-refractivity contribution in [3.63, 3.8) is 0 Å². The number of sulfonamides is 1. The molecule has 1 N–H and O–H groups in total. The molecule has 1 amide bonds. The fraction of sp³-hybridized carbons (Fsp3) is 0.269. The van der Waals surface area contributed by atoms with E-state index in [-0.39, 0.29) is 18.0 Å². The van der Waals surface area contributed by atoms with Crippen LogP contribution in [0.2, 0.25) is 0 Å². The molecule has 1 aliphatic heterocycles. The molecule has 1 heterocycles. The van der Waals surface area contributed by atoms with Crippen molar-refractivity contribution in [2.45, 2.75) is 31.5 Å². The number of aryl methyl sites for hydroxylation is 2. The molecular formula is C26H28N2O5S. The van der Waals surface area contributed by atoms with E-state index in [9.17, 15) is 13.2 Å². The summed E-state index contributed by atoms with van der Waals surface area (Å²) in [5.41, 5.74) is 3.33. The highest BCUT2D eigenvalue weighted by molar-refractivity contribution is 7.92. The Hall–Kier alpha value is -3.36. The van der Waals surface area contributed by atoms with Gasteiger partial charge < -0.3 is 14.8 Å². The van der Waals surface area contributed by atoms with E-state index in [2.05, 4.69) is 5.32 Å². The molecule has 0 saturated carbocycles. The number of carbonyl (C=O) groups excluding carboxylic acids is 1. The molecule has 0 saturated heterocycles. The lowest BCUT2D eigenvalue weighted by atomic mass is 10.1. The summed E-state index contributed by atoms with van der Waals surface area (Å²) < 4.78 is 39.8. The first-order valence-corrected chi connectivity index (χ1v) is 12.5. The first-order chi connectivity index (χ1) is 16.3. The molecule has 0 spiro atoms. The Balaban J connectivity index is 1.45. The highest BCUT2D eigenvalue weighted by Gasteiger charge is 2.37. The average molecular weight is 481 g/mol. The highest BCUT2D eigenvalue weighted by Crippen LogP contribution is 2.37. The molecule has 0 aromatic heterocycles. The summed E-state index contributed by atoms with van der Waals surface area (Å²) in [4.78, 5) is 13.0. The van der Waals surface area contributed by atoms with E-state index >= 15 is 0 Å². The Bertz CT molecular complexity index is 1240. The number of ether oxygens (including phenoxy) is 2. The van der Waals surface area contributed by atoms with Gasteiger partial charge in [0.05, 0.1) is 30.3 Å². The number of anilines is 1. The number of hydrogen-bond donors (Lipinski definition) is 1. The Morgan fingerprint density at radius 1 is 1.03 bits per heavy atom. The monoisotopic (exact) mass is 480 g/mol. The molecule has 7 nitrogen and oxygen atoms in total. The van der Waals surface area contributed by atoms with Gasteiger partial charge in [-0.2, -0.15) is 0 Å². The fourth-order valence-electron chi connectivity index (χ4n) is 3.69. The van der Waals surface area contributed by atoms with Crippen LogP contribution in [0.15, 0.2) is 77.7 Å². The first-order valence-electron chi connectivity index (χ1n) is 11.1. The number of benzene rings is 3. The molecule has 3 aromatic carbocycles. The second-order valence-corrected chi connectivity index (χ2v) is 10.1. The van der Waals surface area contributed by atoms with Gasteiger partial charge in [0.2, 0.25) is 0 Å². The van der Waals surface area contributed by atoms with Gasteiger partial charge in [-0.05, 0) is 49.2 Å². The SMILES string of the molecule is Cc1ccc(S(=O)(=O)N2C[C@H](C(=O)NCCOCc3ccccc3)Oc3ccc(C)cc32)cc1. The number of fused-ring (bicyclic) bond motifs is 1. The zero-order chi connectivity index (χ0) is 24.1. The molecule has 0 radical (unpaired) electrons. The highest BCUT2D eigenvalue weighted by atomic mass is 32.2. The topological polar surface area (TPSA) is 84.9 Å². The van der Waals surface area contributed by atoms with Gasteiger partial charge in [-0.3, -0.25) is 9.10 Å². The number of carbonyl (C=O) groups is 1. The zero-order valence-corrected chi connectivity index (χ0v) is 20.0. The Morgan fingerprint density at radius 2 is 1.74 bits per heavy atom. The third kappa shape index (κ3) is 5.40. The lowest BCUT2D eigenvalue weighted by molar-refractivity contribution is -0.128. The van der Waals surface area contributed by atoms with Gasteiger partial charge in [0, 0.05) is 6.54 Å². The molecule has 0 fully saturated rings. The van der Waals surface area contributed by atoms with Gasteiger partial charge in [0.15, 0.2) is 6.10 Å². The van der Waals surface area contributed by atoms with E-state index in [0.29, 0.717) is 24.7 Å². The van der Waals surface area contributed by atoms with Crippen LogP contribution in [-0.2, 0) is 26.2 Å². The third-order valence-electron chi connectivity index (χ3n) is 5.54. The summed E-state index contributed by atoms with van der Waals surface area (Å²) in [6, 6.07) is 21.7. The molecule has 0 aliphatic carbocycles. The molecule has 1 aliphatic rings. The second kappa shape index (κ2) is 10.3. The van der Waals surface area contributed by atoms with Crippen LogP contribution in [0.5, 0.6) is 5.75 Å². The lowest BCUT2D eigenvalue weighted by Gasteiger charge is -2.35. The molecule has 178 valence electrons. The van der Waals surface area contributed by atoms with E-state index in [4.69, 9.17) is 9.47 Å². The molecule has 8 heteroatoms. The summed E-state index contributed by atoms with van der Waals surface area (Å²) in [6.45, 7) is 4.72. The standard InChI is InChI=1S/C26H28N2O5S/c1-19-8-11-22(12-9-19)34(30,31)28-17-25(33-24-13-10-20(2)16-23(24)28)26(29)27-14-15-32-18-21-6-4-3-5-7-21/h3-13,16,25H,14-15,17-18H2,1-2H3,(H,27,29)/t25-/m1/s1. The number of amides is 1. The van der Waals surface area contributed by atoms with Gasteiger partial charge in [-0.1, -0.05) is 54.1 Å². The van der Waals surface area contributed by atoms with Gasteiger partial charge in [0.1, 0.15) is 5.75 Å². The summed E-state index contributed by atoms with van der Waals surface area (Å²) in [5.74, 6) is -0.0355. The molecule has 0 bridgehead atoms. The predicted molar refractivity (Wildman–Crippen MR) is 130 cm³/mol. The van der Waals surface area contributed by atoms with Crippen molar-refractivity contribution < 1.29 is 22.7 Å². The Morgan fingerprint density at radius 3 is 2.47 bits per heavy atom. The largest absolute Gasteiger partial charge is 0.476 e. The Kier molecular flexibility index (Phi) is 7.19. The number of nitrogens with zero attached hydrogens (tertiary/aromatic N) is 1. The van der Waals surface area contributed by atoms with Gasteiger partial charge in [0.25, 0.3) is 15.9 Å². The summed E-state index contributed by atoms with van der Waals surface area (Å²) >= 11 is 0. The van der Waals surface area contributed by atoms with Crippen molar-refractivity contribution in [3.05, 3.63) is 89.5 Å². The summed E-state index contributed by atoms with van der Waals surface area (Å²) in [6.07, 6.45) is -0.982. The smallest absolute Gasteiger partial charge is 0.264 e. The van der Waals surface area contributed by atoms with Crippen LogP contribution in [-0.4, -0.2) is 40.1 Å². The number of hydrogen-bond acceptors (Lipinski definition) is 5. The summed E-state index contributed by atoms with van der Waals surface area (Å²) in [5, 5.41) is 2.79. The van der Waals surface area contributed by atoms with Crippen LogP contribution >= 0.6 is 0 Å². The minimum Gasteiger partial charge on any atom is -0.476 e. The maximum absolute atomic E-state index is 13.5. The fourth-order valence-corrected chi connectivity index (χ4v) is 5.16. The van der Waals surface area contributed by atoms with Crippen LogP contribution in [0.25, 0.3) is 0 Å². The average Bonchev–Trinajstić information content (AvgIpc) is 2.84. The van der Waals surface area contributed by atoms with Crippen LogP contribution in [0, 0.1) is 13.8 Å². The second-order valence-electron chi connectivity index (χ2n) is 8.26. The van der Waals surface area contributed by atoms with Crippen molar-refractivity contribution in [1.29, 1.82) is 0 Å². The molecule has 1 atom stereocenters. The van der Waals surface area contributed by atoms with Crippen molar-refractivity contribution in [1.82, 2.24) is 5.32 Å². The maximum atomic E-state index is 13.5. The quantitative estimate of drug-likeness (QED) is 0.498. The van der Waals surface area contributed by atoms with E-state index in [1.807, 2.05) is 50.2 Å². The van der Waals surface area contributed by atoms with Crippen molar-refractivity contribution in [2.24, 2.45) is 0 Å². The van der Waals surface area contributed by atoms with Crippen LogP contribution in [0.4, 0.5) is 5.69 Å². The molecule has 0 unspecified atom stereocenters. The number of rotatable bonds is 8. The zero-order valence-electron chi connectivity index (χ0n) is 19.2. The normalized spacial score (nSPS) is 15.4. The van der Waals surface area contributed by atoms with Crippen LogP contribution < -0.4 is 14.4 Å². The van der Waals surface area contributed by atoms with Crippen molar-refractivity contribution in [3.8, 4) is 5.75 Å². The molecule has 34 heavy (non-hydrogen) atoms. The maximum Gasteiger partial charge on any atom is 0.264 e. The minimum absolute atomic E-state index is 0.122. The van der Waals surface area contributed by atoms with E-state index in [1.165, 1.54) is 4.31 Å². The van der Waals surface area contributed by atoms with Crippen molar-refractivity contribution in [2.75, 3.05) is 24.0 Å². The van der Waals surface area contributed by atoms with Crippen LogP contribution in [0.1, 0.15) is 16.7 Å². The third-order valence-corrected chi connectivity index (χ3v) is 7.34. The molecular weight excluding hydrogens is 452 g/mol. The van der Waals surface area contributed by atoms with E-state index in [0.717, 1.165) is 16.7 Å². The lowest BCUT2D eigenvalue weighted by Crippen LogP contribution is -2.51. The minimum atomic E-state index is -3.89. The van der Waals surface area contributed by atoms with Crippen molar-refractivity contribution >= 4 is 21.6 Å². The predicted octanol–water partition coefficient (Wildman–Crippen LogP) is 3.59. The molecule has 4 rings (SSSR count).